The fraction of sp³-hybridized carbons (Fsp3) is 0.630. The van der Waals surface area contributed by atoms with Gasteiger partial charge in [-0.25, -0.2) is 9.78 Å². The number of rotatable bonds is 1. The van der Waals surface area contributed by atoms with Gasteiger partial charge in [-0.3, -0.25) is 14.3 Å². The largest absolute Gasteiger partial charge is 0.438 e. The highest BCUT2D eigenvalue weighted by atomic mass is 19.4. The van der Waals surface area contributed by atoms with Crippen molar-refractivity contribution in [2.75, 3.05) is 0 Å². The Morgan fingerprint density at radius 2 is 1.48 bits per heavy atom. The molecule has 5 N–H and O–H groups in total. The van der Waals surface area contributed by atoms with E-state index in [9.17, 15) is 49.1 Å². The van der Waals surface area contributed by atoms with Crippen LogP contribution in [0.3, 0.4) is 0 Å². The Bertz CT molecular complexity index is 1300. The number of hydrogen-bond donors (Lipinski definition) is 5. The highest BCUT2D eigenvalue weighted by Gasteiger charge is 2.67. The molecule has 1 fully saturated rings. The number of hydrogen-bond acceptors (Lipinski definition) is 6. The molecular formula is C27H39F9N6O4. The third kappa shape index (κ3) is 15.0. The molecule has 46 heavy (non-hydrogen) atoms. The van der Waals surface area contributed by atoms with E-state index < -0.39 is 35.3 Å². The minimum atomic E-state index is -5.69. The van der Waals surface area contributed by atoms with Crippen LogP contribution < -0.4 is 11.1 Å². The molecule has 1 aliphatic rings. The third-order valence-electron chi connectivity index (χ3n) is 6.42. The molecular weight excluding hydrogens is 643 g/mol. The Kier molecular flexibility index (Phi) is 15.8. The molecule has 0 unspecified atom stereocenters. The van der Waals surface area contributed by atoms with Crippen LogP contribution in [0.1, 0.15) is 69.5 Å². The van der Waals surface area contributed by atoms with Crippen LogP contribution in [0.4, 0.5) is 39.5 Å². The Hall–Kier alpha value is -3.77. The van der Waals surface area contributed by atoms with Crippen LogP contribution in [0.25, 0.3) is 0 Å². The lowest BCUT2D eigenvalue weighted by Crippen LogP contribution is -2.54. The van der Waals surface area contributed by atoms with E-state index in [0.717, 1.165) is 11.5 Å². The second-order valence-corrected chi connectivity index (χ2v) is 10.8. The van der Waals surface area contributed by atoms with Crippen molar-refractivity contribution < 1.29 is 53.9 Å². The fourth-order valence-corrected chi connectivity index (χ4v) is 3.40. The van der Waals surface area contributed by atoms with Gasteiger partial charge in [0.15, 0.2) is 0 Å². The van der Waals surface area contributed by atoms with Gasteiger partial charge in [-0.1, -0.05) is 12.1 Å². The van der Waals surface area contributed by atoms with Crippen LogP contribution in [0, 0.1) is 33.1 Å². The van der Waals surface area contributed by atoms with Crippen molar-refractivity contribution in [1.29, 1.82) is 0 Å². The van der Waals surface area contributed by atoms with Gasteiger partial charge in [-0.15, -0.1) is 0 Å². The summed E-state index contributed by atoms with van der Waals surface area (Å²) in [6, 6.07) is 3.92. The first-order valence-electron chi connectivity index (χ1n) is 13.5. The van der Waals surface area contributed by atoms with Crippen molar-refractivity contribution in [1.82, 2.24) is 30.4 Å². The summed E-state index contributed by atoms with van der Waals surface area (Å²) in [7, 11) is 0. The number of amides is 1. The predicted octanol–water partition coefficient (Wildman–Crippen LogP) is 6.52. The molecule has 3 aromatic heterocycles. The van der Waals surface area contributed by atoms with Crippen molar-refractivity contribution in [2.24, 2.45) is 5.41 Å². The number of imidazole rings is 1. The minimum Gasteiger partial charge on any atom is -0.374 e. The number of nitrogens with zero attached hydrogens (tertiary/aromatic N) is 2. The Balaban J connectivity index is 0.000000575. The number of H-pyrrole nitrogens is 3. The van der Waals surface area contributed by atoms with Gasteiger partial charge >= 0.3 is 24.3 Å². The van der Waals surface area contributed by atoms with Crippen molar-refractivity contribution >= 4 is 5.91 Å². The maximum Gasteiger partial charge on any atom is 0.438 e. The first-order chi connectivity index (χ1) is 20.7. The normalized spacial score (nSPS) is 18.2. The maximum atomic E-state index is 12.6. The molecule has 0 atom stereocenters. The smallest absolute Gasteiger partial charge is 0.374 e. The number of halogens is 9. The molecule has 0 bridgehead atoms. The molecule has 1 amide bonds. The highest BCUT2D eigenvalue weighted by molar-refractivity contribution is 5.73. The number of aromatic amines is 3. The van der Waals surface area contributed by atoms with E-state index in [2.05, 4.69) is 34.9 Å². The van der Waals surface area contributed by atoms with E-state index in [-0.39, 0.29) is 31.7 Å². The van der Waals surface area contributed by atoms with E-state index >= 15 is 0 Å². The number of aromatic nitrogens is 5. The molecule has 19 heteroatoms. The van der Waals surface area contributed by atoms with E-state index in [4.69, 9.17) is 5.11 Å². The molecule has 3 heterocycles. The van der Waals surface area contributed by atoms with E-state index in [1.165, 1.54) is 19.5 Å². The van der Waals surface area contributed by atoms with Crippen LogP contribution in [-0.4, -0.2) is 66.3 Å². The summed E-state index contributed by atoms with van der Waals surface area (Å²) in [5, 5.41) is 13.9. The van der Waals surface area contributed by atoms with Crippen molar-refractivity contribution in [3.8, 4) is 0 Å². The van der Waals surface area contributed by atoms with Gasteiger partial charge in [-0.2, -0.15) is 39.5 Å². The Morgan fingerprint density at radius 3 is 1.65 bits per heavy atom. The molecule has 10 nitrogen and oxygen atoms in total. The Labute approximate surface area is 258 Å². The third-order valence-corrected chi connectivity index (χ3v) is 6.42. The van der Waals surface area contributed by atoms with Crippen LogP contribution in [-0.2, 0) is 4.79 Å². The zero-order valence-electron chi connectivity index (χ0n) is 26.2. The van der Waals surface area contributed by atoms with E-state index in [1.54, 1.807) is 6.92 Å². The second kappa shape index (κ2) is 17.2. The van der Waals surface area contributed by atoms with Crippen LogP contribution >= 0.6 is 0 Å². The molecule has 1 saturated carbocycles. The summed E-state index contributed by atoms with van der Waals surface area (Å²) in [5.74, 6) is 0.815. The summed E-state index contributed by atoms with van der Waals surface area (Å²) < 4.78 is 110. The summed E-state index contributed by atoms with van der Waals surface area (Å²) in [5.41, 5.74) is -3.85. The van der Waals surface area contributed by atoms with Gasteiger partial charge in [-0.05, 0) is 72.4 Å². The minimum absolute atomic E-state index is 0.0853. The SMILES string of the molecule is CC(=O)NC1CCC(C)(C(F)(F)F)CC1.CC(O)(C(F)(F)F)C(F)(F)F.Cc1ccc[nH]1.Cc1cnc(C)[nH]1.Cc1noc(=O)[nH]1. The van der Waals surface area contributed by atoms with Crippen LogP contribution in [0.2, 0.25) is 0 Å². The monoisotopic (exact) mass is 682 g/mol. The summed E-state index contributed by atoms with van der Waals surface area (Å²) in [4.78, 5) is 33.0. The number of nitrogens with one attached hydrogen (secondary N) is 4. The van der Waals surface area contributed by atoms with Gasteiger partial charge in [0.05, 0.1) is 5.41 Å². The number of aliphatic hydroxyl groups is 1. The number of carbonyl (C=O) groups excluding carboxylic acids is 1. The molecule has 0 radical (unpaired) electrons. The zero-order valence-corrected chi connectivity index (χ0v) is 26.2. The summed E-state index contributed by atoms with van der Waals surface area (Å²) in [6.07, 6.45) is -10.8. The number of aryl methyl sites for hydroxylation is 4. The lowest BCUT2D eigenvalue weighted by atomic mass is 9.73. The Morgan fingerprint density at radius 1 is 0.957 bits per heavy atom. The van der Waals surface area contributed by atoms with E-state index in [1.807, 2.05) is 45.3 Å². The van der Waals surface area contributed by atoms with Crippen molar-refractivity contribution in [2.45, 2.75) is 104 Å². The summed E-state index contributed by atoms with van der Waals surface area (Å²) in [6.45, 7) is 9.90. The average Bonchev–Trinajstić information content (AvgIpc) is 3.63. The van der Waals surface area contributed by atoms with E-state index in [0.29, 0.717) is 18.7 Å². The molecule has 3 aromatic rings. The molecule has 1 aliphatic carbocycles. The standard InChI is InChI=1S/C10H16F3NO.C5H8N2.C5H7N.C4H4F6O.C3H4N2O2/c1-7(15)14-8-3-5-9(2,6-4-8)10(11,12)13;1-4-3-6-5(2)7-4;1-5-3-2-4-6-5;1-2(11,3(5,6)7)4(8,9)10;1-2-4-3(6)7-5-2/h8H,3-6H2,1-2H3,(H,14,15);3H,1-2H3,(H,6,7);2-4,6H,1H3;11H,1H3;1H3,(H,4,5,6). The fourth-order valence-electron chi connectivity index (χ4n) is 3.40. The quantitative estimate of drug-likeness (QED) is 0.185. The van der Waals surface area contributed by atoms with Crippen molar-refractivity contribution in [3.05, 3.63) is 58.1 Å². The maximum absolute atomic E-state index is 12.6. The van der Waals surface area contributed by atoms with Gasteiger partial charge in [0, 0.05) is 36.7 Å². The van der Waals surface area contributed by atoms with Gasteiger partial charge in [0.2, 0.25) is 5.91 Å². The van der Waals surface area contributed by atoms with Crippen LogP contribution in [0.15, 0.2) is 33.8 Å². The first-order valence-corrected chi connectivity index (χ1v) is 13.5. The number of carbonyl (C=O) groups is 1. The molecule has 4 rings (SSSR count). The summed E-state index contributed by atoms with van der Waals surface area (Å²) >= 11 is 0. The average molecular weight is 683 g/mol. The lowest BCUT2D eigenvalue weighted by molar-refractivity contribution is -0.360. The first kappa shape index (κ1) is 42.2. The molecule has 264 valence electrons. The predicted molar refractivity (Wildman–Crippen MR) is 148 cm³/mol. The molecule has 0 spiro atoms. The van der Waals surface area contributed by atoms with Gasteiger partial charge < -0.3 is 20.4 Å². The van der Waals surface area contributed by atoms with Crippen molar-refractivity contribution in [3.63, 3.8) is 0 Å². The number of alkyl halides is 9. The molecule has 0 aliphatic heterocycles. The lowest BCUT2D eigenvalue weighted by Gasteiger charge is -2.38. The van der Waals surface area contributed by atoms with Gasteiger partial charge in [0.25, 0.3) is 5.60 Å². The van der Waals surface area contributed by atoms with Gasteiger partial charge in [0.1, 0.15) is 11.6 Å². The zero-order chi connectivity index (χ0) is 36.1. The topological polar surface area (TPSA) is 153 Å². The second-order valence-electron chi connectivity index (χ2n) is 10.8. The van der Waals surface area contributed by atoms with Crippen LogP contribution in [0.5, 0.6) is 0 Å². The molecule has 0 saturated heterocycles. The highest BCUT2D eigenvalue weighted by Crippen LogP contribution is 2.48. The molecule has 0 aromatic carbocycles.